The van der Waals surface area contributed by atoms with Crippen molar-refractivity contribution in [1.82, 2.24) is 10.3 Å². The number of rotatable bonds is 6. The Morgan fingerprint density at radius 2 is 2.05 bits per heavy atom. The summed E-state index contributed by atoms with van der Waals surface area (Å²) >= 11 is 1.31. The van der Waals surface area contributed by atoms with Crippen LogP contribution in [0.25, 0.3) is 0 Å². The number of aromatic nitrogens is 1. The summed E-state index contributed by atoms with van der Waals surface area (Å²) < 4.78 is 0. The summed E-state index contributed by atoms with van der Waals surface area (Å²) in [5.41, 5.74) is 0.759. The number of aliphatic carboxylic acids is 1. The zero-order valence-electron chi connectivity index (χ0n) is 11.7. The van der Waals surface area contributed by atoms with Crippen molar-refractivity contribution in [3.63, 3.8) is 0 Å². The van der Waals surface area contributed by atoms with Gasteiger partial charge < -0.3 is 10.4 Å². The van der Waals surface area contributed by atoms with Crippen molar-refractivity contribution in [3.8, 4) is 0 Å². The molecule has 1 amide bonds. The zero-order chi connectivity index (χ0) is 14.6. The molecule has 1 atom stereocenters. The fraction of sp³-hybridized carbons (Fsp3) is 0.615. The summed E-state index contributed by atoms with van der Waals surface area (Å²) in [5, 5.41) is 12.3. The average Bonchev–Trinajstić information content (AvgIpc) is 2.65. The second-order valence-electron chi connectivity index (χ2n) is 4.88. The lowest BCUT2D eigenvalue weighted by molar-refractivity contribution is -0.139. The van der Waals surface area contributed by atoms with Crippen LogP contribution >= 0.6 is 11.3 Å². The molecule has 2 N–H and O–H groups in total. The van der Waals surface area contributed by atoms with Crippen molar-refractivity contribution in [2.75, 3.05) is 0 Å². The Morgan fingerprint density at radius 1 is 1.42 bits per heavy atom. The Morgan fingerprint density at radius 3 is 2.53 bits per heavy atom. The van der Waals surface area contributed by atoms with Gasteiger partial charge >= 0.3 is 5.97 Å². The number of nitrogens with zero attached hydrogens (tertiary/aromatic N) is 1. The molecule has 0 radical (unpaired) electrons. The van der Waals surface area contributed by atoms with Gasteiger partial charge in [-0.25, -0.2) is 9.78 Å². The summed E-state index contributed by atoms with van der Waals surface area (Å²) in [6.45, 7) is 7.69. The average molecular weight is 284 g/mol. The van der Waals surface area contributed by atoms with Crippen molar-refractivity contribution in [3.05, 3.63) is 15.6 Å². The van der Waals surface area contributed by atoms with E-state index in [0.717, 1.165) is 17.1 Å². The van der Waals surface area contributed by atoms with Crippen LogP contribution in [0.1, 0.15) is 47.6 Å². The molecule has 0 aliphatic carbocycles. The van der Waals surface area contributed by atoms with E-state index < -0.39 is 12.0 Å². The number of hydrogen-bond acceptors (Lipinski definition) is 4. The third kappa shape index (κ3) is 4.31. The smallest absolute Gasteiger partial charge is 0.326 e. The Hall–Kier alpha value is -1.43. The molecule has 1 rings (SSSR count). The van der Waals surface area contributed by atoms with E-state index in [2.05, 4.69) is 24.1 Å². The zero-order valence-corrected chi connectivity index (χ0v) is 12.5. The summed E-state index contributed by atoms with van der Waals surface area (Å²) in [4.78, 5) is 28.0. The maximum absolute atomic E-state index is 12.1. The maximum Gasteiger partial charge on any atom is 0.326 e. The lowest BCUT2D eigenvalue weighted by atomic mass is 10.1. The van der Waals surface area contributed by atoms with Gasteiger partial charge in [0.25, 0.3) is 5.91 Å². The number of amides is 1. The van der Waals surface area contributed by atoms with Crippen LogP contribution in [0.3, 0.4) is 0 Å². The first-order valence-electron chi connectivity index (χ1n) is 6.35. The molecular weight excluding hydrogens is 264 g/mol. The molecule has 0 saturated heterocycles. The van der Waals surface area contributed by atoms with E-state index in [-0.39, 0.29) is 5.91 Å². The third-order valence-corrected chi connectivity index (χ3v) is 3.64. The molecule has 0 aromatic carbocycles. The molecule has 6 heteroatoms. The number of aryl methyl sites for hydroxylation is 1. The molecule has 0 aliphatic heterocycles. The molecule has 1 aromatic rings. The molecule has 0 fully saturated rings. The lowest BCUT2D eigenvalue weighted by Crippen LogP contribution is -2.40. The van der Waals surface area contributed by atoms with Crippen molar-refractivity contribution in [2.24, 2.45) is 5.92 Å². The normalized spacial score (nSPS) is 12.5. The van der Waals surface area contributed by atoms with E-state index >= 15 is 0 Å². The van der Waals surface area contributed by atoms with Gasteiger partial charge in [-0.15, -0.1) is 11.3 Å². The van der Waals surface area contributed by atoms with E-state index in [0.29, 0.717) is 17.2 Å². The molecule has 0 saturated carbocycles. The Labute approximate surface area is 117 Å². The fourth-order valence-corrected chi connectivity index (χ4v) is 2.58. The molecule has 1 aromatic heterocycles. The summed E-state index contributed by atoms with van der Waals surface area (Å²) in [6.07, 6.45) is 1.08. The van der Waals surface area contributed by atoms with Crippen LogP contribution in [0.4, 0.5) is 0 Å². The van der Waals surface area contributed by atoms with Gasteiger partial charge in [-0.05, 0) is 25.7 Å². The van der Waals surface area contributed by atoms with Crippen molar-refractivity contribution < 1.29 is 14.7 Å². The molecular formula is C13H20N2O3S. The van der Waals surface area contributed by atoms with Gasteiger partial charge in [0.05, 0.1) is 10.7 Å². The number of thiazole rings is 1. The quantitative estimate of drug-likeness (QED) is 0.839. The summed E-state index contributed by atoms with van der Waals surface area (Å²) in [5.74, 6) is -0.951. The maximum atomic E-state index is 12.1. The molecule has 0 bridgehead atoms. The molecule has 106 valence electrons. The highest BCUT2D eigenvalue weighted by Gasteiger charge is 2.22. The van der Waals surface area contributed by atoms with Gasteiger partial charge in [0.1, 0.15) is 10.9 Å². The number of hydrogen-bond donors (Lipinski definition) is 2. The predicted molar refractivity (Wildman–Crippen MR) is 74.6 cm³/mol. The standard InChI is InChI=1S/C13H20N2O3S/c1-5-9(13(17)18)15-12(16)11-10(6-7(2)3)14-8(4)19-11/h7,9H,5-6H2,1-4H3,(H,15,16)(H,17,18). The van der Waals surface area contributed by atoms with E-state index in [1.54, 1.807) is 6.92 Å². The largest absolute Gasteiger partial charge is 0.480 e. The summed E-state index contributed by atoms with van der Waals surface area (Å²) in [6, 6.07) is -0.846. The van der Waals surface area contributed by atoms with Crippen LogP contribution in [0, 0.1) is 12.8 Å². The van der Waals surface area contributed by atoms with E-state index in [9.17, 15) is 9.59 Å². The molecule has 1 unspecified atom stereocenters. The number of carboxylic acid groups (broad SMARTS) is 1. The topological polar surface area (TPSA) is 79.3 Å². The monoisotopic (exact) mass is 284 g/mol. The second kappa shape index (κ2) is 6.65. The Balaban J connectivity index is 2.89. The van der Waals surface area contributed by atoms with Crippen LogP contribution in [0.15, 0.2) is 0 Å². The van der Waals surface area contributed by atoms with Gasteiger partial charge in [-0.2, -0.15) is 0 Å². The van der Waals surface area contributed by atoms with Crippen LogP contribution < -0.4 is 5.32 Å². The first-order chi connectivity index (χ1) is 8.85. The highest BCUT2D eigenvalue weighted by molar-refractivity contribution is 7.13. The van der Waals surface area contributed by atoms with Crippen LogP contribution in [0.2, 0.25) is 0 Å². The van der Waals surface area contributed by atoms with E-state index in [4.69, 9.17) is 5.11 Å². The van der Waals surface area contributed by atoms with Gasteiger partial charge in [-0.3, -0.25) is 4.79 Å². The number of nitrogens with one attached hydrogen (secondary N) is 1. The predicted octanol–water partition coefficient (Wildman–Crippen LogP) is 2.24. The number of carbonyl (C=O) groups is 2. The van der Waals surface area contributed by atoms with Crippen molar-refractivity contribution in [2.45, 2.75) is 46.6 Å². The molecule has 0 aliphatic rings. The fourth-order valence-electron chi connectivity index (χ4n) is 1.73. The van der Waals surface area contributed by atoms with Crippen molar-refractivity contribution >= 4 is 23.2 Å². The minimum Gasteiger partial charge on any atom is -0.480 e. The van der Waals surface area contributed by atoms with Gasteiger partial charge in [0.2, 0.25) is 0 Å². The van der Waals surface area contributed by atoms with Crippen LogP contribution in [0.5, 0.6) is 0 Å². The van der Waals surface area contributed by atoms with Gasteiger partial charge in [0.15, 0.2) is 0 Å². The molecule has 5 nitrogen and oxygen atoms in total. The first kappa shape index (κ1) is 15.6. The molecule has 19 heavy (non-hydrogen) atoms. The summed E-state index contributed by atoms with van der Waals surface area (Å²) in [7, 11) is 0. The first-order valence-corrected chi connectivity index (χ1v) is 7.16. The van der Waals surface area contributed by atoms with Gasteiger partial charge in [-0.1, -0.05) is 20.8 Å². The second-order valence-corrected chi connectivity index (χ2v) is 6.08. The van der Waals surface area contributed by atoms with Gasteiger partial charge in [0, 0.05) is 0 Å². The van der Waals surface area contributed by atoms with Crippen molar-refractivity contribution in [1.29, 1.82) is 0 Å². The lowest BCUT2D eigenvalue weighted by Gasteiger charge is -2.12. The molecule has 1 heterocycles. The SMILES string of the molecule is CCC(NC(=O)c1sc(C)nc1CC(C)C)C(=O)O. The Kier molecular flexibility index (Phi) is 5.47. The number of carboxylic acids is 1. The minimum absolute atomic E-state index is 0.337. The Bertz CT molecular complexity index is 468. The van der Waals surface area contributed by atoms with E-state index in [1.807, 2.05) is 6.92 Å². The van der Waals surface area contributed by atoms with Crippen LogP contribution in [-0.4, -0.2) is 28.0 Å². The third-order valence-electron chi connectivity index (χ3n) is 2.62. The van der Waals surface area contributed by atoms with Crippen LogP contribution in [-0.2, 0) is 11.2 Å². The number of carbonyl (C=O) groups excluding carboxylic acids is 1. The van der Waals surface area contributed by atoms with E-state index in [1.165, 1.54) is 11.3 Å². The molecule has 0 spiro atoms. The highest BCUT2D eigenvalue weighted by atomic mass is 32.1. The highest BCUT2D eigenvalue weighted by Crippen LogP contribution is 2.21. The minimum atomic E-state index is -1.01.